The first-order valence-corrected chi connectivity index (χ1v) is 7.97. The number of rotatable bonds is 5. The van der Waals surface area contributed by atoms with E-state index in [-0.39, 0.29) is 23.1 Å². The number of halogens is 2. The van der Waals surface area contributed by atoms with E-state index in [2.05, 4.69) is 33.5 Å². The van der Waals surface area contributed by atoms with Crippen LogP contribution in [-0.2, 0) is 6.61 Å². The second-order valence-corrected chi connectivity index (χ2v) is 5.98. The highest BCUT2D eigenvalue weighted by Crippen LogP contribution is 2.37. The van der Waals surface area contributed by atoms with Gasteiger partial charge in [-0.25, -0.2) is 4.39 Å². The van der Waals surface area contributed by atoms with Crippen LogP contribution in [0.3, 0.4) is 0 Å². The minimum absolute atomic E-state index is 0.0140. The fraction of sp³-hybridized carbons (Fsp3) is 0.125. The number of benzene rings is 2. The van der Waals surface area contributed by atoms with Crippen LogP contribution in [0.4, 0.5) is 4.39 Å². The molecule has 3 N–H and O–H groups in total. The lowest BCUT2D eigenvalue weighted by Crippen LogP contribution is -2.34. The summed E-state index contributed by atoms with van der Waals surface area (Å²) in [6.07, 6.45) is 0. The molecule has 0 bridgehead atoms. The number of carbonyl (C=O) groups excluding carboxylic acids is 1. The molecule has 0 radical (unpaired) electrons. The van der Waals surface area contributed by atoms with Crippen LogP contribution in [0.15, 0.2) is 40.9 Å². The largest absolute Gasteiger partial charge is 0.493 e. The van der Waals surface area contributed by atoms with Crippen molar-refractivity contribution >= 4 is 39.2 Å². The van der Waals surface area contributed by atoms with Crippen molar-refractivity contribution in [2.24, 2.45) is 5.73 Å². The highest BCUT2D eigenvalue weighted by molar-refractivity contribution is 9.10. The summed E-state index contributed by atoms with van der Waals surface area (Å²) in [6, 6.07) is 9.32. The SMILES string of the molecule is COc1cc(C(=O)NC(N)=S)cc(Br)c1OCc1ccccc1F. The first-order chi connectivity index (χ1) is 11.4. The highest BCUT2D eigenvalue weighted by Gasteiger charge is 2.16. The van der Waals surface area contributed by atoms with Gasteiger partial charge in [0.2, 0.25) is 0 Å². The smallest absolute Gasteiger partial charge is 0.257 e. The Balaban J connectivity index is 2.25. The molecule has 0 aliphatic rings. The van der Waals surface area contributed by atoms with Crippen molar-refractivity contribution in [3.8, 4) is 11.5 Å². The Morgan fingerprint density at radius 1 is 1.38 bits per heavy atom. The minimum Gasteiger partial charge on any atom is -0.493 e. The van der Waals surface area contributed by atoms with Gasteiger partial charge in [-0.3, -0.25) is 10.1 Å². The Hall–Kier alpha value is -2.19. The molecule has 0 aliphatic heterocycles. The molecule has 2 aromatic rings. The quantitative estimate of drug-likeness (QED) is 0.737. The van der Waals surface area contributed by atoms with Crippen LogP contribution < -0.4 is 20.5 Å². The normalized spacial score (nSPS) is 10.1. The molecule has 126 valence electrons. The molecule has 0 fully saturated rings. The van der Waals surface area contributed by atoms with Crippen LogP contribution in [0.5, 0.6) is 11.5 Å². The zero-order chi connectivity index (χ0) is 17.7. The molecule has 0 heterocycles. The van der Waals surface area contributed by atoms with Gasteiger partial charge in [0.25, 0.3) is 5.91 Å². The number of hydrogen-bond acceptors (Lipinski definition) is 4. The van der Waals surface area contributed by atoms with E-state index < -0.39 is 5.91 Å². The third-order valence-corrected chi connectivity index (χ3v) is 3.75. The Kier molecular flexibility index (Phi) is 6.10. The van der Waals surface area contributed by atoms with E-state index in [1.165, 1.54) is 25.3 Å². The monoisotopic (exact) mass is 412 g/mol. The molecule has 0 unspecified atom stereocenters. The molecule has 24 heavy (non-hydrogen) atoms. The van der Waals surface area contributed by atoms with Gasteiger partial charge in [-0.05, 0) is 46.3 Å². The maximum atomic E-state index is 13.7. The van der Waals surface area contributed by atoms with Gasteiger partial charge in [-0.1, -0.05) is 18.2 Å². The van der Waals surface area contributed by atoms with E-state index in [1.54, 1.807) is 18.2 Å². The van der Waals surface area contributed by atoms with Crippen molar-refractivity contribution in [2.45, 2.75) is 6.61 Å². The third-order valence-electron chi connectivity index (χ3n) is 3.06. The van der Waals surface area contributed by atoms with Gasteiger partial charge in [0, 0.05) is 11.1 Å². The molecule has 5 nitrogen and oxygen atoms in total. The number of methoxy groups -OCH3 is 1. The van der Waals surface area contributed by atoms with Crippen molar-refractivity contribution in [1.82, 2.24) is 5.32 Å². The van der Waals surface area contributed by atoms with Crippen molar-refractivity contribution in [1.29, 1.82) is 0 Å². The number of hydrogen-bond donors (Lipinski definition) is 2. The Bertz CT molecular complexity index is 786. The molecule has 8 heteroatoms. The molecule has 0 saturated carbocycles. The second-order valence-electron chi connectivity index (χ2n) is 4.69. The number of nitrogens with one attached hydrogen (secondary N) is 1. The molecular weight excluding hydrogens is 399 g/mol. The van der Waals surface area contributed by atoms with Gasteiger partial charge in [0.1, 0.15) is 12.4 Å². The van der Waals surface area contributed by atoms with E-state index in [9.17, 15) is 9.18 Å². The van der Waals surface area contributed by atoms with Gasteiger partial charge >= 0.3 is 0 Å². The summed E-state index contributed by atoms with van der Waals surface area (Å²) in [7, 11) is 1.44. The zero-order valence-electron chi connectivity index (χ0n) is 12.6. The summed E-state index contributed by atoms with van der Waals surface area (Å²) >= 11 is 7.96. The molecule has 0 spiro atoms. The molecule has 0 saturated heterocycles. The van der Waals surface area contributed by atoms with Crippen molar-refractivity contribution in [3.63, 3.8) is 0 Å². The van der Waals surface area contributed by atoms with Crippen LogP contribution in [0.1, 0.15) is 15.9 Å². The average molecular weight is 413 g/mol. The maximum absolute atomic E-state index is 13.7. The number of ether oxygens (including phenoxy) is 2. The lowest BCUT2D eigenvalue weighted by molar-refractivity contribution is 0.0977. The van der Waals surface area contributed by atoms with E-state index in [0.717, 1.165) is 0 Å². The van der Waals surface area contributed by atoms with Crippen LogP contribution in [0.25, 0.3) is 0 Å². The van der Waals surface area contributed by atoms with Crippen LogP contribution in [0, 0.1) is 5.82 Å². The fourth-order valence-electron chi connectivity index (χ4n) is 1.94. The number of thiocarbonyl (C=S) groups is 1. The van der Waals surface area contributed by atoms with E-state index in [4.69, 9.17) is 15.2 Å². The van der Waals surface area contributed by atoms with E-state index in [0.29, 0.717) is 21.5 Å². The second kappa shape index (κ2) is 8.07. The zero-order valence-corrected chi connectivity index (χ0v) is 15.0. The average Bonchev–Trinajstić information content (AvgIpc) is 2.53. The molecule has 0 atom stereocenters. The van der Waals surface area contributed by atoms with Gasteiger partial charge in [0.05, 0.1) is 11.6 Å². The number of carbonyl (C=O) groups is 1. The summed E-state index contributed by atoms with van der Waals surface area (Å²) < 4.78 is 25.0. The molecule has 1 amide bonds. The summed E-state index contributed by atoms with van der Waals surface area (Å²) in [5, 5.41) is 2.20. The Morgan fingerprint density at radius 2 is 2.08 bits per heavy atom. The van der Waals surface area contributed by atoms with Crippen molar-refractivity contribution < 1.29 is 18.7 Å². The fourth-order valence-corrected chi connectivity index (χ4v) is 2.59. The minimum atomic E-state index is -0.470. The first kappa shape index (κ1) is 18.2. The standard InChI is InChI=1S/C16H14BrFN2O3S/c1-22-13-7-10(15(21)20-16(19)24)6-11(17)14(13)23-8-9-4-2-3-5-12(9)18/h2-7H,8H2,1H3,(H3,19,20,21,24). The van der Waals surface area contributed by atoms with Gasteiger partial charge in [-0.2, -0.15) is 0 Å². The maximum Gasteiger partial charge on any atom is 0.257 e. The predicted octanol–water partition coefficient (Wildman–Crippen LogP) is 3.15. The summed E-state index contributed by atoms with van der Waals surface area (Å²) in [6.45, 7) is 0.0140. The summed E-state index contributed by atoms with van der Waals surface area (Å²) in [4.78, 5) is 12.0. The predicted molar refractivity (Wildman–Crippen MR) is 95.7 cm³/mol. The van der Waals surface area contributed by atoms with Crippen LogP contribution >= 0.6 is 28.1 Å². The number of amides is 1. The lowest BCUT2D eigenvalue weighted by Gasteiger charge is -2.14. The van der Waals surface area contributed by atoms with Gasteiger partial charge in [0.15, 0.2) is 16.6 Å². The van der Waals surface area contributed by atoms with E-state index in [1.807, 2.05) is 0 Å². The van der Waals surface area contributed by atoms with Crippen LogP contribution in [-0.4, -0.2) is 18.1 Å². The molecule has 2 aromatic carbocycles. The lowest BCUT2D eigenvalue weighted by atomic mass is 10.2. The summed E-state index contributed by atoms with van der Waals surface area (Å²) in [5.74, 6) is -0.163. The highest BCUT2D eigenvalue weighted by atomic mass is 79.9. The van der Waals surface area contributed by atoms with Crippen molar-refractivity contribution in [2.75, 3.05) is 7.11 Å². The Labute approximate surface area is 152 Å². The van der Waals surface area contributed by atoms with Gasteiger partial charge in [-0.15, -0.1) is 0 Å². The number of nitrogens with two attached hydrogens (primary N) is 1. The third kappa shape index (κ3) is 4.42. The molecule has 0 aliphatic carbocycles. The first-order valence-electron chi connectivity index (χ1n) is 6.77. The molecular formula is C16H14BrFN2O3S. The Morgan fingerprint density at radius 3 is 2.71 bits per heavy atom. The molecule has 2 rings (SSSR count). The van der Waals surface area contributed by atoms with Gasteiger partial charge < -0.3 is 15.2 Å². The van der Waals surface area contributed by atoms with Crippen molar-refractivity contribution in [3.05, 3.63) is 57.8 Å². The van der Waals surface area contributed by atoms with Crippen LogP contribution in [0.2, 0.25) is 0 Å². The van der Waals surface area contributed by atoms with E-state index >= 15 is 0 Å². The molecule has 0 aromatic heterocycles. The topological polar surface area (TPSA) is 73.6 Å². The summed E-state index contributed by atoms with van der Waals surface area (Å²) in [5.41, 5.74) is 5.98.